The van der Waals surface area contributed by atoms with E-state index in [1.54, 1.807) is 18.2 Å². The third kappa shape index (κ3) is 6.30. The molecule has 3 aromatic rings. The number of alkyl halides is 3. The van der Waals surface area contributed by atoms with Crippen LogP contribution in [0.5, 0.6) is 11.6 Å². The maximum atomic E-state index is 12.7. The second-order valence-electron chi connectivity index (χ2n) is 7.44. The number of amides is 1. The van der Waals surface area contributed by atoms with Crippen molar-refractivity contribution in [1.29, 1.82) is 5.26 Å². The maximum absolute atomic E-state index is 12.7. The molecule has 0 spiro atoms. The van der Waals surface area contributed by atoms with E-state index in [2.05, 4.69) is 15.2 Å². The number of ether oxygens (including phenoxy) is 3. The Morgan fingerprint density at radius 1 is 1.21 bits per heavy atom. The van der Waals surface area contributed by atoms with Gasteiger partial charge in [-0.15, -0.1) is 13.2 Å². The molecule has 3 rings (SSSR count). The van der Waals surface area contributed by atoms with E-state index < -0.39 is 23.6 Å². The molecule has 1 N–H and O–H groups in total. The van der Waals surface area contributed by atoms with Crippen molar-refractivity contribution in [3.63, 3.8) is 0 Å². The van der Waals surface area contributed by atoms with Crippen molar-refractivity contribution in [3.05, 3.63) is 53.1 Å². The predicted molar refractivity (Wildman–Crippen MR) is 117 cm³/mol. The molecule has 1 unspecified atom stereocenters. The molecule has 1 amide bonds. The van der Waals surface area contributed by atoms with Crippen molar-refractivity contribution >= 4 is 28.4 Å². The number of nitrogens with one attached hydrogen (secondary N) is 1. The first-order valence-electron chi connectivity index (χ1n) is 9.91. The highest BCUT2D eigenvalue weighted by atomic mass is 35.5. The van der Waals surface area contributed by atoms with Crippen LogP contribution < -0.4 is 14.8 Å². The van der Waals surface area contributed by atoms with Crippen LogP contribution in [-0.4, -0.2) is 47.9 Å². The number of aromatic nitrogens is 2. The van der Waals surface area contributed by atoms with Gasteiger partial charge >= 0.3 is 6.36 Å². The Balaban J connectivity index is 1.82. The molecule has 0 aliphatic heterocycles. The summed E-state index contributed by atoms with van der Waals surface area (Å²) in [7, 11) is 1.53. The predicted octanol–water partition coefficient (Wildman–Crippen LogP) is 4.33. The molecule has 0 bridgehead atoms. The van der Waals surface area contributed by atoms with Crippen molar-refractivity contribution < 1.29 is 32.2 Å². The molecule has 0 radical (unpaired) electrons. The quantitative estimate of drug-likeness (QED) is 0.443. The normalized spacial score (nSPS) is 13.2. The van der Waals surface area contributed by atoms with E-state index in [1.165, 1.54) is 18.7 Å². The fourth-order valence-corrected chi connectivity index (χ4v) is 3.26. The van der Waals surface area contributed by atoms with Gasteiger partial charge in [-0.2, -0.15) is 10.4 Å². The van der Waals surface area contributed by atoms with Crippen LogP contribution in [0, 0.1) is 11.3 Å². The summed E-state index contributed by atoms with van der Waals surface area (Å²) in [6.07, 6.45) is -4.84. The third-order valence-corrected chi connectivity index (χ3v) is 4.87. The average Bonchev–Trinajstić information content (AvgIpc) is 3.08. The summed E-state index contributed by atoms with van der Waals surface area (Å²) in [5, 5.41) is 18.0. The lowest BCUT2D eigenvalue weighted by molar-refractivity contribution is -0.274. The first-order chi connectivity index (χ1) is 16.0. The summed E-state index contributed by atoms with van der Waals surface area (Å²) in [6, 6.07) is 11.5. The Morgan fingerprint density at radius 2 is 1.91 bits per heavy atom. The Morgan fingerprint density at radius 3 is 2.53 bits per heavy atom. The smallest absolute Gasteiger partial charge is 0.475 e. The van der Waals surface area contributed by atoms with Gasteiger partial charge in [0, 0.05) is 17.7 Å². The highest BCUT2D eigenvalue weighted by Gasteiger charge is 2.32. The van der Waals surface area contributed by atoms with Crippen LogP contribution >= 0.6 is 11.6 Å². The van der Waals surface area contributed by atoms with E-state index in [1.807, 2.05) is 6.07 Å². The molecule has 0 fully saturated rings. The number of halogens is 4. The molecule has 1 atom stereocenters. The molecule has 34 heavy (non-hydrogen) atoms. The largest absolute Gasteiger partial charge is 0.573 e. The van der Waals surface area contributed by atoms with Crippen molar-refractivity contribution in [2.45, 2.75) is 25.4 Å². The summed E-state index contributed by atoms with van der Waals surface area (Å²) < 4.78 is 53.1. The highest BCUT2D eigenvalue weighted by molar-refractivity contribution is 6.31. The first kappa shape index (κ1) is 25.1. The van der Waals surface area contributed by atoms with Crippen molar-refractivity contribution in [2.75, 3.05) is 20.3 Å². The molecule has 180 valence electrons. The van der Waals surface area contributed by atoms with Gasteiger partial charge in [0.2, 0.25) is 5.88 Å². The fraction of sp³-hybridized carbons (Fsp3) is 0.318. The zero-order valence-corrected chi connectivity index (χ0v) is 18.9. The molecule has 0 aliphatic rings. The van der Waals surface area contributed by atoms with Gasteiger partial charge in [0.15, 0.2) is 0 Å². The minimum absolute atomic E-state index is 0.0463. The number of hydrogen-bond donors (Lipinski definition) is 1. The second-order valence-corrected chi connectivity index (χ2v) is 7.87. The van der Waals surface area contributed by atoms with Crippen molar-refractivity contribution in [2.24, 2.45) is 0 Å². The summed E-state index contributed by atoms with van der Waals surface area (Å²) in [4.78, 5) is 12.7. The van der Waals surface area contributed by atoms with E-state index in [-0.39, 0.29) is 18.7 Å². The molecule has 12 heteroatoms. The SMILES string of the molecule is COCCOc1c2ccc(Cl)cc2nn1CC(C)(C#N)NC(=O)c1ccc(OC(F)(F)F)cc1. The lowest BCUT2D eigenvalue weighted by Crippen LogP contribution is -2.48. The minimum Gasteiger partial charge on any atom is -0.475 e. The number of nitrogens with zero attached hydrogens (tertiary/aromatic N) is 3. The van der Waals surface area contributed by atoms with Crippen LogP contribution in [0.3, 0.4) is 0 Å². The lowest BCUT2D eigenvalue weighted by Gasteiger charge is -2.24. The van der Waals surface area contributed by atoms with Crippen LogP contribution in [0.1, 0.15) is 17.3 Å². The second kappa shape index (κ2) is 10.2. The molecule has 0 saturated heterocycles. The topological polar surface area (TPSA) is 98.4 Å². The fourth-order valence-electron chi connectivity index (χ4n) is 3.10. The van der Waals surface area contributed by atoms with E-state index >= 15 is 0 Å². The van der Waals surface area contributed by atoms with Gasteiger partial charge in [0.05, 0.1) is 30.1 Å². The van der Waals surface area contributed by atoms with Gasteiger partial charge in [0.1, 0.15) is 17.9 Å². The van der Waals surface area contributed by atoms with Gasteiger partial charge in [-0.3, -0.25) is 4.79 Å². The Labute approximate surface area is 197 Å². The van der Waals surface area contributed by atoms with Crippen LogP contribution in [0.2, 0.25) is 5.02 Å². The molecule has 1 heterocycles. The molecular weight excluding hydrogens is 477 g/mol. The molecule has 1 aromatic heterocycles. The lowest BCUT2D eigenvalue weighted by atomic mass is 10.0. The van der Waals surface area contributed by atoms with Crippen molar-refractivity contribution in [1.82, 2.24) is 15.1 Å². The minimum atomic E-state index is -4.84. The first-order valence-corrected chi connectivity index (χ1v) is 10.3. The monoisotopic (exact) mass is 496 g/mol. The van der Waals surface area contributed by atoms with Crippen LogP contribution in [0.15, 0.2) is 42.5 Å². The highest BCUT2D eigenvalue weighted by Crippen LogP contribution is 2.29. The van der Waals surface area contributed by atoms with E-state index in [0.717, 1.165) is 24.3 Å². The third-order valence-electron chi connectivity index (χ3n) is 4.63. The number of carbonyl (C=O) groups excluding carboxylic acids is 1. The maximum Gasteiger partial charge on any atom is 0.573 e. The van der Waals surface area contributed by atoms with Gasteiger partial charge in [-0.1, -0.05) is 11.6 Å². The van der Waals surface area contributed by atoms with E-state index in [4.69, 9.17) is 21.1 Å². The number of hydrogen-bond acceptors (Lipinski definition) is 6. The Kier molecular flexibility index (Phi) is 7.54. The van der Waals surface area contributed by atoms with Crippen LogP contribution in [0.4, 0.5) is 13.2 Å². The number of carbonyl (C=O) groups is 1. The Hall–Kier alpha value is -3.49. The molecule has 8 nitrogen and oxygen atoms in total. The molecule has 0 aliphatic carbocycles. The van der Waals surface area contributed by atoms with Crippen LogP contribution in [0.25, 0.3) is 10.9 Å². The number of benzene rings is 2. The van der Waals surface area contributed by atoms with Gasteiger partial charge in [0.25, 0.3) is 5.91 Å². The summed E-state index contributed by atoms with van der Waals surface area (Å²) in [5.41, 5.74) is -0.861. The molecule has 2 aromatic carbocycles. The standard InChI is InChI=1S/C22H20ClF3N4O4/c1-21(12-27,28-19(31)14-3-6-16(7-4-14)34-22(24,25)26)13-30-20(33-10-9-32-2)17-8-5-15(23)11-18(17)29-30/h3-8,11H,9-10,13H2,1-2H3,(H,28,31). The number of rotatable bonds is 9. The van der Waals surface area contributed by atoms with E-state index in [0.29, 0.717) is 28.4 Å². The van der Waals surface area contributed by atoms with Gasteiger partial charge < -0.3 is 19.5 Å². The summed E-state index contributed by atoms with van der Waals surface area (Å²) in [5.74, 6) is -0.760. The number of fused-ring (bicyclic) bond motifs is 1. The van der Waals surface area contributed by atoms with Gasteiger partial charge in [-0.25, -0.2) is 4.68 Å². The molecule has 0 saturated carbocycles. The number of methoxy groups -OCH3 is 1. The van der Waals surface area contributed by atoms with Gasteiger partial charge in [-0.05, 0) is 49.4 Å². The average molecular weight is 497 g/mol. The van der Waals surface area contributed by atoms with E-state index in [9.17, 15) is 23.2 Å². The van der Waals surface area contributed by atoms with Crippen LogP contribution in [-0.2, 0) is 11.3 Å². The molecular formula is C22H20ClF3N4O4. The zero-order chi connectivity index (χ0) is 24.9. The summed E-state index contributed by atoms with van der Waals surface area (Å²) >= 11 is 6.06. The number of nitriles is 1. The zero-order valence-electron chi connectivity index (χ0n) is 18.1. The summed E-state index contributed by atoms with van der Waals surface area (Å²) in [6.45, 7) is 1.95. The Bertz CT molecular complexity index is 1210. The van der Waals surface area contributed by atoms with Crippen molar-refractivity contribution in [3.8, 4) is 17.7 Å².